The molecular formula is C22H42O2. The predicted octanol–water partition coefficient (Wildman–Crippen LogP) is 5.85. The van der Waals surface area contributed by atoms with Crippen LogP contribution in [0.3, 0.4) is 0 Å². The van der Waals surface area contributed by atoms with Crippen molar-refractivity contribution in [2.45, 2.75) is 122 Å². The van der Waals surface area contributed by atoms with Crippen LogP contribution < -0.4 is 0 Å². The minimum absolute atomic E-state index is 0.0337. The molecule has 0 aliphatic heterocycles. The molecule has 0 unspecified atom stereocenters. The molecule has 2 heteroatoms. The molecule has 0 radical (unpaired) electrons. The van der Waals surface area contributed by atoms with Gasteiger partial charge < -0.3 is 10.2 Å². The van der Waals surface area contributed by atoms with E-state index in [1.54, 1.807) is 0 Å². The average Bonchev–Trinajstić information content (AvgIpc) is 2.60. The lowest BCUT2D eigenvalue weighted by atomic mass is 9.67. The van der Waals surface area contributed by atoms with E-state index in [-0.39, 0.29) is 12.2 Å². The first kappa shape index (κ1) is 20.2. The van der Waals surface area contributed by atoms with Gasteiger partial charge in [0.05, 0.1) is 12.2 Å². The van der Waals surface area contributed by atoms with Crippen LogP contribution in [0.1, 0.15) is 110 Å². The number of unbranched alkanes of at least 4 members (excludes halogenated alkanes) is 6. The van der Waals surface area contributed by atoms with Gasteiger partial charge in [0.25, 0.3) is 0 Å². The maximum atomic E-state index is 9.84. The van der Waals surface area contributed by atoms with Crippen LogP contribution in [-0.2, 0) is 0 Å². The lowest BCUT2D eigenvalue weighted by Gasteiger charge is -2.39. The Bertz CT molecular complexity index is 279. The molecule has 0 heterocycles. The smallest absolute Gasteiger partial charge is 0.0540 e. The van der Waals surface area contributed by atoms with Gasteiger partial charge in [0.1, 0.15) is 0 Å². The van der Waals surface area contributed by atoms with Gasteiger partial charge >= 0.3 is 0 Å². The molecule has 24 heavy (non-hydrogen) atoms. The van der Waals surface area contributed by atoms with Crippen LogP contribution in [0.2, 0.25) is 0 Å². The number of hydrogen-bond donors (Lipinski definition) is 2. The van der Waals surface area contributed by atoms with Crippen molar-refractivity contribution in [1.82, 2.24) is 0 Å². The Morgan fingerprint density at radius 1 is 0.625 bits per heavy atom. The first-order chi connectivity index (χ1) is 11.7. The van der Waals surface area contributed by atoms with E-state index in [0.717, 1.165) is 43.4 Å². The first-order valence-electron chi connectivity index (χ1n) is 11.1. The standard InChI is InChI=1S/C22H42O2/c1-2-3-4-5-6-7-8-9-22(18-10-14-20(23)15-11-18)19-12-16-21(24)17-13-19/h18-24H,2-17H2,1H3. The molecule has 2 N–H and O–H groups in total. The minimum Gasteiger partial charge on any atom is -0.393 e. The summed E-state index contributed by atoms with van der Waals surface area (Å²) < 4.78 is 0. The summed E-state index contributed by atoms with van der Waals surface area (Å²) in [5.74, 6) is 2.54. The van der Waals surface area contributed by atoms with Crippen molar-refractivity contribution in [1.29, 1.82) is 0 Å². The normalized spacial score (nSPS) is 32.6. The highest BCUT2D eigenvalue weighted by Gasteiger charge is 2.33. The van der Waals surface area contributed by atoms with Crippen molar-refractivity contribution < 1.29 is 10.2 Å². The fraction of sp³-hybridized carbons (Fsp3) is 1.00. The third-order valence-electron chi connectivity index (χ3n) is 6.83. The highest BCUT2D eigenvalue weighted by atomic mass is 16.3. The Morgan fingerprint density at radius 2 is 1.04 bits per heavy atom. The maximum Gasteiger partial charge on any atom is 0.0540 e. The fourth-order valence-corrected chi connectivity index (χ4v) is 5.25. The summed E-state index contributed by atoms with van der Waals surface area (Å²) in [6.45, 7) is 2.28. The van der Waals surface area contributed by atoms with Crippen LogP contribution in [0.4, 0.5) is 0 Å². The van der Waals surface area contributed by atoms with Gasteiger partial charge in [0.2, 0.25) is 0 Å². The Labute approximate surface area is 150 Å². The van der Waals surface area contributed by atoms with Crippen molar-refractivity contribution in [3.8, 4) is 0 Å². The van der Waals surface area contributed by atoms with Crippen molar-refractivity contribution in [3.05, 3.63) is 0 Å². The second kappa shape index (κ2) is 11.5. The summed E-state index contributed by atoms with van der Waals surface area (Å²) in [5.41, 5.74) is 0. The van der Waals surface area contributed by atoms with Gasteiger partial charge in [-0.15, -0.1) is 0 Å². The Hall–Kier alpha value is -0.0800. The third kappa shape index (κ3) is 7.04. The zero-order valence-electron chi connectivity index (χ0n) is 16.1. The van der Waals surface area contributed by atoms with Crippen molar-refractivity contribution in [2.75, 3.05) is 0 Å². The average molecular weight is 339 g/mol. The zero-order chi connectivity index (χ0) is 17.2. The van der Waals surface area contributed by atoms with Crippen LogP contribution >= 0.6 is 0 Å². The number of rotatable bonds is 10. The Balaban J connectivity index is 1.75. The molecule has 0 amide bonds. The lowest BCUT2D eigenvalue weighted by Crippen LogP contribution is -2.32. The zero-order valence-corrected chi connectivity index (χ0v) is 16.1. The summed E-state index contributed by atoms with van der Waals surface area (Å²) >= 11 is 0. The molecule has 2 nitrogen and oxygen atoms in total. The van der Waals surface area contributed by atoms with Gasteiger partial charge in [-0.2, -0.15) is 0 Å². The Kier molecular flexibility index (Phi) is 9.71. The lowest BCUT2D eigenvalue weighted by molar-refractivity contribution is 0.0423. The van der Waals surface area contributed by atoms with E-state index < -0.39 is 0 Å². The predicted molar refractivity (Wildman–Crippen MR) is 102 cm³/mol. The second-order valence-electron chi connectivity index (χ2n) is 8.71. The third-order valence-corrected chi connectivity index (χ3v) is 6.83. The molecule has 2 aliphatic carbocycles. The fourth-order valence-electron chi connectivity index (χ4n) is 5.25. The van der Waals surface area contributed by atoms with Crippen LogP contribution in [0.15, 0.2) is 0 Å². The highest BCUT2D eigenvalue weighted by Crippen LogP contribution is 2.42. The van der Waals surface area contributed by atoms with Crippen LogP contribution in [0, 0.1) is 17.8 Å². The molecule has 0 atom stereocenters. The Morgan fingerprint density at radius 3 is 1.50 bits per heavy atom. The van der Waals surface area contributed by atoms with E-state index in [0.29, 0.717) is 0 Å². The summed E-state index contributed by atoms with van der Waals surface area (Å²) in [6, 6.07) is 0. The molecule has 0 aromatic carbocycles. The molecule has 2 fully saturated rings. The topological polar surface area (TPSA) is 40.5 Å². The van der Waals surface area contributed by atoms with E-state index in [9.17, 15) is 10.2 Å². The van der Waals surface area contributed by atoms with Crippen LogP contribution in [0.25, 0.3) is 0 Å². The van der Waals surface area contributed by atoms with E-state index >= 15 is 0 Å². The monoisotopic (exact) mass is 338 g/mol. The molecule has 0 bridgehead atoms. The van der Waals surface area contributed by atoms with E-state index in [4.69, 9.17) is 0 Å². The summed E-state index contributed by atoms with van der Waals surface area (Å²) in [7, 11) is 0. The van der Waals surface area contributed by atoms with E-state index in [2.05, 4.69) is 6.92 Å². The molecule has 2 rings (SSSR count). The van der Waals surface area contributed by atoms with Gasteiger partial charge in [0.15, 0.2) is 0 Å². The summed E-state index contributed by atoms with van der Waals surface area (Å²) in [5, 5.41) is 19.7. The van der Waals surface area contributed by atoms with Gasteiger partial charge in [-0.05, 0) is 75.5 Å². The minimum atomic E-state index is -0.0337. The molecular weight excluding hydrogens is 296 g/mol. The first-order valence-corrected chi connectivity index (χ1v) is 11.1. The molecule has 0 spiro atoms. The van der Waals surface area contributed by atoms with Gasteiger partial charge in [0, 0.05) is 0 Å². The summed E-state index contributed by atoms with van der Waals surface area (Å²) in [4.78, 5) is 0. The molecule has 2 aliphatic rings. The van der Waals surface area contributed by atoms with Crippen LogP contribution in [-0.4, -0.2) is 22.4 Å². The molecule has 0 aromatic rings. The van der Waals surface area contributed by atoms with Gasteiger partial charge in [-0.25, -0.2) is 0 Å². The molecule has 2 saturated carbocycles. The SMILES string of the molecule is CCCCCCCCCC(C1CCC(O)CC1)C1CCC(O)CC1. The van der Waals surface area contributed by atoms with Crippen molar-refractivity contribution in [3.63, 3.8) is 0 Å². The van der Waals surface area contributed by atoms with Gasteiger partial charge in [-0.3, -0.25) is 0 Å². The second-order valence-corrected chi connectivity index (χ2v) is 8.71. The maximum absolute atomic E-state index is 9.84. The highest BCUT2D eigenvalue weighted by molar-refractivity contribution is 4.84. The number of aliphatic hydroxyl groups excluding tert-OH is 2. The number of aliphatic hydroxyl groups is 2. The quantitative estimate of drug-likeness (QED) is 0.491. The van der Waals surface area contributed by atoms with Crippen molar-refractivity contribution in [2.24, 2.45) is 17.8 Å². The van der Waals surface area contributed by atoms with E-state index in [1.165, 1.54) is 77.0 Å². The number of hydrogen-bond acceptors (Lipinski definition) is 2. The molecule has 142 valence electrons. The van der Waals surface area contributed by atoms with Crippen LogP contribution in [0.5, 0.6) is 0 Å². The largest absolute Gasteiger partial charge is 0.393 e. The van der Waals surface area contributed by atoms with E-state index in [1.807, 2.05) is 0 Å². The molecule has 0 saturated heterocycles. The summed E-state index contributed by atoms with van der Waals surface area (Å²) in [6.07, 6.45) is 20.2. The van der Waals surface area contributed by atoms with Gasteiger partial charge in [-0.1, -0.05) is 51.9 Å². The van der Waals surface area contributed by atoms with Crippen molar-refractivity contribution >= 4 is 0 Å². The molecule has 0 aromatic heterocycles.